The number of hydrogen-bond donors (Lipinski definition) is 3. The number of methoxy groups -OCH3 is 1. The Morgan fingerprint density at radius 1 is 1.25 bits per heavy atom. The smallest absolute Gasteiger partial charge is 0.342 e. The van der Waals surface area contributed by atoms with Crippen molar-refractivity contribution in [2.45, 2.75) is 12.3 Å². The molecular formula is C18H20ClNO4. The maximum absolute atomic E-state index is 12.1. The second kappa shape index (κ2) is 7.55. The quantitative estimate of drug-likeness (QED) is 0.573. The van der Waals surface area contributed by atoms with E-state index in [2.05, 4.69) is 5.32 Å². The molecule has 0 saturated carbocycles. The Labute approximate surface area is 146 Å². The first-order valence-electron chi connectivity index (χ1n) is 7.55. The summed E-state index contributed by atoms with van der Waals surface area (Å²) in [5, 5.41) is 23.6. The van der Waals surface area contributed by atoms with Crippen LogP contribution in [-0.4, -0.2) is 36.4 Å². The Balaban J connectivity index is 0.00000208. The third-order valence-electron chi connectivity index (χ3n) is 4.29. The van der Waals surface area contributed by atoms with Gasteiger partial charge in [-0.2, -0.15) is 0 Å². The molecule has 2 aromatic carbocycles. The number of carbonyl (C=O) groups is 1. The largest absolute Gasteiger partial charge is 0.504 e. The molecule has 0 spiro atoms. The number of hydrogen-bond acceptors (Lipinski definition) is 5. The predicted octanol–water partition coefficient (Wildman–Crippen LogP) is 2.58. The van der Waals surface area contributed by atoms with Crippen LogP contribution in [0.4, 0.5) is 0 Å². The van der Waals surface area contributed by atoms with Gasteiger partial charge in [0.05, 0.1) is 7.11 Å². The summed E-state index contributed by atoms with van der Waals surface area (Å²) in [6, 6.07) is 11.5. The van der Waals surface area contributed by atoms with Crippen molar-refractivity contribution in [2.24, 2.45) is 0 Å². The zero-order valence-corrected chi connectivity index (χ0v) is 14.1. The molecule has 1 heterocycles. The number of aromatic hydroxyl groups is 2. The van der Waals surface area contributed by atoms with Gasteiger partial charge in [-0.1, -0.05) is 30.3 Å². The van der Waals surface area contributed by atoms with Gasteiger partial charge in [-0.05, 0) is 35.7 Å². The molecule has 2 aromatic rings. The zero-order valence-electron chi connectivity index (χ0n) is 13.3. The molecule has 128 valence electrons. The molecule has 0 bridgehead atoms. The van der Waals surface area contributed by atoms with E-state index < -0.39 is 11.7 Å². The van der Waals surface area contributed by atoms with Gasteiger partial charge < -0.3 is 20.3 Å². The summed E-state index contributed by atoms with van der Waals surface area (Å²) < 4.78 is 4.79. The highest BCUT2D eigenvalue weighted by Crippen LogP contribution is 2.40. The fourth-order valence-electron chi connectivity index (χ4n) is 3.17. The van der Waals surface area contributed by atoms with E-state index in [0.717, 1.165) is 16.7 Å². The summed E-state index contributed by atoms with van der Waals surface area (Å²) in [6.45, 7) is 1.38. The van der Waals surface area contributed by atoms with Crippen LogP contribution in [0, 0.1) is 0 Å². The summed E-state index contributed by atoms with van der Waals surface area (Å²) in [6.07, 6.45) is 0.580. The molecule has 1 unspecified atom stereocenters. The van der Waals surface area contributed by atoms with Gasteiger partial charge in [-0.25, -0.2) is 4.79 Å². The summed E-state index contributed by atoms with van der Waals surface area (Å²) >= 11 is 0. The van der Waals surface area contributed by atoms with E-state index >= 15 is 0 Å². The van der Waals surface area contributed by atoms with Gasteiger partial charge in [0, 0.05) is 12.5 Å². The Kier molecular flexibility index (Phi) is 5.70. The van der Waals surface area contributed by atoms with E-state index in [9.17, 15) is 15.0 Å². The Bertz CT molecular complexity index is 734. The number of rotatable bonds is 2. The first-order chi connectivity index (χ1) is 11.1. The lowest BCUT2D eigenvalue weighted by Crippen LogP contribution is -2.20. The first kappa shape index (κ1) is 18.1. The highest BCUT2D eigenvalue weighted by Gasteiger charge is 2.29. The van der Waals surface area contributed by atoms with E-state index in [1.165, 1.54) is 7.11 Å². The maximum atomic E-state index is 12.1. The van der Waals surface area contributed by atoms with Gasteiger partial charge in [0.1, 0.15) is 5.56 Å². The van der Waals surface area contributed by atoms with Crippen LogP contribution in [0.15, 0.2) is 36.4 Å². The number of fused-ring (bicyclic) bond motifs is 1. The number of halogens is 1. The molecule has 0 radical (unpaired) electrons. The van der Waals surface area contributed by atoms with Crippen LogP contribution >= 0.6 is 12.4 Å². The Morgan fingerprint density at radius 3 is 2.62 bits per heavy atom. The van der Waals surface area contributed by atoms with Gasteiger partial charge in [0.25, 0.3) is 0 Å². The van der Waals surface area contributed by atoms with E-state index in [1.54, 1.807) is 6.07 Å². The summed E-state index contributed by atoms with van der Waals surface area (Å²) in [5.74, 6) is -1.36. The van der Waals surface area contributed by atoms with Crippen molar-refractivity contribution in [3.05, 3.63) is 58.7 Å². The minimum absolute atomic E-state index is 0. The molecule has 1 atom stereocenters. The first-order valence-corrected chi connectivity index (χ1v) is 7.55. The van der Waals surface area contributed by atoms with Crippen molar-refractivity contribution >= 4 is 18.4 Å². The van der Waals surface area contributed by atoms with E-state index in [-0.39, 0.29) is 29.6 Å². The third-order valence-corrected chi connectivity index (χ3v) is 4.29. The standard InChI is InChI=1S/C18H19NO4.ClH/c1-23-18(22)16-12-7-8-19-10-14(11-5-3-2-4-6-11)13(12)9-15(20)17(16)21;/h2-6,9,14,19-21H,7-8,10H2,1H3;1H. The normalized spacial score (nSPS) is 16.5. The summed E-state index contributed by atoms with van der Waals surface area (Å²) in [4.78, 5) is 12.1. The fourth-order valence-corrected chi connectivity index (χ4v) is 3.17. The number of esters is 1. The average Bonchev–Trinajstić information content (AvgIpc) is 2.78. The van der Waals surface area contributed by atoms with Crippen LogP contribution < -0.4 is 5.32 Å². The van der Waals surface area contributed by atoms with Gasteiger partial charge in [-0.15, -0.1) is 12.4 Å². The van der Waals surface area contributed by atoms with Crippen LogP contribution in [0.2, 0.25) is 0 Å². The lowest BCUT2D eigenvalue weighted by atomic mass is 9.85. The predicted molar refractivity (Wildman–Crippen MR) is 93.2 cm³/mol. The molecule has 0 amide bonds. The molecule has 3 rings (SSSR count). The molecule has 0 saturated heterocycles. The monoisotopic (exact) mass is 349 g/mol. The molecule has 0 fully saturated rings. The molecule has 0 aromatic heterocycles. The summed E-state index contributed by atoms with van der Waals surface area (Å²) in [7, 11) is 1.27. The molecule has 6 heteroatoms. The van der Waals surface area contributed by atoms with Crippen LogP contribution in [0.1, 0.15) is 33.0 Å². The second-order valence-corrected chi connectivity index (χ2v) is 5.60. The minimum atomic E-state index is -0.636. The van der Waals surface area contributed by atoms with Gasteiger partial charge in [-0.3, -0.25) is 0 Å². The summed E-state index contributed by atoms with van der Waals surface area (Å²) in [5.41, 5.74) is 2.72. The van der Waals surface area contributed by atoms with Crippen molar-refractivity contribution in [1.82, 2.24) is 5.32 Å². The zero-order chi connectivity index (χ0) is 16.4. The van der Waals surface area contributed by atoms with Gasteiger partial charge in [0.15, 0.2) is 11.5 Å². The van der Waals surface area contributed by atoms with Crippen LogP contribution in [-0.2, 0) is 11.2 Å². The van der Waals surface area contributed by atoms with Crippen LogP contribution in [0.25, 0.3) is 0 Å². The maximum Gasteiger partial charge on any atom is 0.342 e. The molecule has 3 N–H and O–H groups in total. The topological polar surface area (TPSA) is 78.8 Å². The van der Waals surface area contributed by atoms with Crippen molar-refractivity contribution in [3.8, 4) is 11.5 Å². The molecule has 1 aliphatic heterocycles. The fraction of sp³-hybridized carbons (Fsp3) is 0.278. The number of nitrogens with one attached hydrogen (secondary N) is 1. The molecule has 5 nitrogen and oxygen atoms in total. The number of phenols is 2. The van der Waals surface area contributed by atoms with E-state index in [4.69, 9.17) is 4.74 Å². The molecule has 0 aliphatic carbocycles. The SMILES string of the molecule is COC(=O)c1c(O)c(O)cc2c1CCNCC2c1ccccc1.Cl. The highest BCUT2D eigenvalue weighted by molar-refractivity contribution is 5.95. The number of benzene rings is 2. The van der Waals surface area contributed by atoms with Crippen LogP contribution in [0.3, 0.4) is 0 Å². The Hall–Kier alpha value is -2.24. The van der Waals surface area contributed by atoms with Gasteiger partial charge in [0.2, 0.25) is 0 Å². The highest BCUT2D eigenvalue weighted by atomic mass is 35.5. The Morgan fingerprint density at radius 2 is 1.96 bits per heavy atom. The average molecular weight is 350 g/mol. The number of ether oxygens (including phenoxy) is 1. The van der Waals surface area contributed by atoms with Crippen LogP contribution in [0.5, 0.6) is 11.5 Å². The number of carbonyl (C=O) groups excluding carboxylic acids is 1. The van der Waals surface area contributed by atoms with E-state index in [0.29, 0.717) is 19.5 Å². The lowest BCUT2D eigenvalue weighted by molar-refractivity contribution is 0.0595. The third kappa shape index (κ3) is 3.18. The van der Waals surface area contributed by atoms with Crippen molar-refractivity contribution < 1.29 is 19.7 Å². The lowest BCUT2D eigenvalue weighted by Gasteiger charge is -2.21. The molecule has 1 aliphatic rings. The molecular weight excluding hydrogens is 330 g/mol. The van der Waals surface area contributed by atoms with Crippen molar-refractivity contribution in [2.75, 3.05) is 20.2 Å². The van der Waals surface area contributed by atoms with Crippen molar-refractivity contribution in [3.63, 3.8) is 0 Å². The number of phenolic OH excluding ortho intramolecular Hbond substituents is 2. The van der Waals surface area contributed by atoms with Gasteiger partial charge >= 0.3 is 5.97 Å². The van der Waals surface area contributed by atoms with E-state index in [1.807, 2.05) is 30.3 Å². The second-order valence-electron chi connectivity index (χ2n) is 5.60. The minimum Gasteiger partial charge on any atom is -0.504 e. The molecule has 24 heavy (non-hydrogen) atoms. The van der Waals surface area contributed by atoms with Crippen molar-refractivity contribution in [1.29, 1.82) is 0 Å².